The second kappa shape index (κ2) is 5.17. The van der Waals surface area contributed by atoms with E-state index in [1.54, 1.807) is 11.3 Å². The molecule has 1 aliphatic rings. The molecule has 0 radical (unpaired) electrons. The summed E-state index contributed by atoms with van der Waals surface area (Å²) in [7, 11) is -0.519. The molecule has 1 atom stereocenters. The topological polar surface area (TPSA) is 55.8 Å². The number of hydrogen-bond acceptors (Lipinski definition) is 4. The third-order valence-corrected chi connectivity index (χ3v) is 5.29. The molecule has 1 saturated heterocycles. The van der Waals surface area contributed by atoms with Crippen LogP contribution in [0.2, 0.25) is 0 Å². The fourth-order valence-electron chi connectivity index (χ4n) is 2.22. The molecule has 1 unspecified atom stereocenters. The van der Waals surface area contributed by atoms with Crippen LogP contribution in [0.3, 0.4) is 0 Å². The fourth-order valence-corrected chi connectivity index (χ4v) is 3.23. The number of hydrogen-bond donors (Lipinski definition) is 1. The summed E-state index contributed by atoms with van der Waals surface area (Å²) in [6.07, 6.45) is 0.0107. The summed E-state index contributed by atoms with van der Waals surface area (Å²) in [6, 6.07) is 2.02. The minimum absolute atomic E-state index is 0.0107. The number of thiophene rings is 1. The summed E-state index contributed by atoms with van der Waals surface area (Å²) < 4.78 is 12.0. The van der Waals surface area contributed by atoms with E-state index in [4.69, 9.17) is 14.4 Å². The molecule has 0 amide bonds. The van der Waals surface area contributed by atoms with Crippen molar-refractivity contribution in [1.29, 1.82) is 0 Å². The Morgan fingerprint density at radius 2 is 1.90 bits per heavy atom. The molecule has 4 nitrogen and oxygen atoms in total. The molecule has 0 spiro atoms. The molecular formula is C14H21BO4S. The zero-order valence-electron chi connectivity index (χ0n) is 12.6. The lowest BCUT2D eigenvalue weighted by Crippen LogP contribution is -2.41. The number of rotatable bonds is 4. The van der Waals surface area contributed by atoms with Crippen molar-refractivity contribution >= 4 is 24.4 Å². The van der Waals surface area contributed by atoms with Crippen LogP contribution in [0.4, 0.5) is 0 Å². The summed E-state index contributed by atoms with van der Waals surface area (Å²) in [4.78, 5) is 12.2. The number of carboxylic acids is 1. The Balaban J connectivity index is 2.27. The van der Waals surface area contributed by atoms with Crippen LogP contribution in [0.5, 0.6) is 0 Å². The zero-order valence-corrected chi connectivity index (χ0v) is 13.4. The molecule has 1 aromatic heterocycles. The maximum atomic E-state index is 11.2. The molecule has 110 valence electrons. The molecule has 6 heteroatoms. The van der Waals surface area contributed by atoms with Gasteiger partial charge in [-0.05, 0) is 51.6 Å². The van der Waals surface area contributed by atoms with Gasteiger partial charge in [0.1, 0.15) is 0 Å². The van der Waals surface area contributed by atoms with E-state index < -0.39 is 24.3 Å². The molecule has 0 bridgehead atoms. The Labute approximate surface area is 124 Å². The second-order valence-corrected chi connectivity index (χ2v) is 7.30. The molecule has 20 heavy (non-hydrogen) atoms. The highest BCUT2D eigenvalue weighted by Gasteiger charge is 2.54. The van der Waals surface area contributed by atoms with Crippen molar-refractivity contribution in [1.82, 2.24) is 0 Å². The molecule has 1 N–H and O–H groups in total. The summed E-state index contributed by atoms with van der Waals surface area (Å²) in [6.45, 7) is 9.91. The minimum atomic E-state index is -0.837. The monoisotopic (exact) mass is 296 g/mol. The van der Waals surface area contributed by atoms with Crippen molar-refractivity contribution in [2.24, 2.45) is 0 Å². The average Bonchev–Trinajstić information content (AvgIpc) is 2.78. The zero-order chi connectivity index (χ0) is 15.1. The fraction of sp³-hybridized carbons (Fsp3) is 0.643. The van der Waals surface area contributed by atoms with Crippen LogP contribution >= 0.6 is 11.3 Å². The van der Waals surface area contributed by atoms with Gasteiger partial charge in [0.2, 0.25) is 0 Å². The highest BCUT2D eigenvalue weighted by molar-refractivity contribution is 7.10. The predicted molar refractivity (Wildman–Crippen MR) is 80.1 cm³/mol. The van der Waals surface area contributed by atoms with E-state index in [0.717, 1.165) is 10.4 Å². The molecule has 2 rings (SSSR count). The molecule has 2 heterocycles. The quantitative estimate of drug-likeness (QED) is 0.867. The Morgan fingerprint density at radius 1 is 1.35 bits per heavy atom. The molecule has 0 aliphatic carbocycles. The van der Waals surface area contributed by atoms with Gasteiger partial charge >= 0.3 is 13.1 Å². The number of carbonyl (C=O) groups is 1. The van der Waals surface area contributed by atoms with Gasteiger partial charge in [-0.3, -0.25) is 4.79 Å². The summed E-state index contributed by atoms with van der Waals surface area (Å²) >= 11 is 1.56. The van der Waals surface area contributed by atoms with Gasteiger partial charge in [0, 0.05) is 10.7 Å². The van der Waals surface area contributed by atoms with Crippen molar-refractivity contribution in [3.63, 3.8) is 0 Å². The van der Waals surface area contributed by atoms with Crippen LogP contribution in [0.1, 0.15) is 50.4 Å². The first-order valence-corrected chi connectivity index (χ1v) is 7.63. The minimum Gasteiger partial charge on any atom is -0.481 e. The van der Waals surface area contributed by atoms with Gasteiger partial charge in [-0.25, -0.2) is 0 Å². The number of aryl methyl sites for hydroxylation is 1. The van der Waals surface area contributed by atoms with Crippen molar-refractivity contribution < 1.29 is 19.2 Å². The molecule has 0 saturated carbocycles. The standard InChI is InChI=1S/C14H21BO4S/c1-9-6-11(20-8-9)10(7-12(16)17)15-18-13(2,3)14(4,5)19-15/h6,8,10H,7H2,1-5H3,(H,16,17). The SMILES string of the molecule is Cc1csc(C(CC(=O)O)B2OC(C)(C)C(C)(C)O2)c1. The average molecular weight is 296 g/mol. The predicted octanol–water partition coefficient (Wildman–Crippen LogP) is 3.25. The van der Waals surface area contributed by atoms with Gasteiger partial charge in [-0.2, -0.15) is 0 Å². The molecule has 1 aromatic rings. The van der Waals surface area contributed by atoms with Crippen molar-refractivity contribution in [3.05, 3.63) is 21.9 Å². The first kappa shape index (κ1) is 15.5. The maximum Gasteiger partial charge on any atom is 0.467 e. The van der Waals surface area contributed by atoms with Crippen LogP contribution in [0, 0.1) is 6.92 Å². The maximum absolute atomic E-state index is 11.2. The third kappa shape index (κ3) is 2.92. The molecule has 1 fully saturated rings. The van der Waals surface area contributed by atoms with E-state index in [1.165, 1.54) is 0 Å². The van der Waals surface area contributed by atoms with E-state index in [1.807, 2.05) is 46.1 Å². The van der Waals surface area contributed by atoms with Crippen LogP contribution < -0.4 is 0 Å². The van der Waals surface area contributed by atoms with Crippen LogP contribution in [0.15, 0.2) is 11.4 Å². The molecule has 0 aromatic carbocycles. The van der Waals surface area contributed by atoms with E-state index in [-0.39, 0.29) is 12.2 Å². The largest absolute Gasteiger partial charge is 0.481 e. The van der Waals surface area contributed by atoms with Crippen molar-refractivity contribution in [2.45, 2.75) is 58.1 Å². The van der Waals surface area contributed by atoms with Crippen molar-refractivity contribution in [3.8, 4) is 0 Å². The van der Waals surface area contributed by atoms with Gasteiger partial charge in [-0.15, -0.1) is 11.3 Å². The first-order chi connectivity index (χ1) is 9.12. The molecular weight excluding hydrogens is 275 g/mol. The smallest absolute Gasteiger partial charge is 0.467 e. The third-order valence-electron chi connectivity index (χ3n) is 4.11. The Hall–Kier alpha value is -0.845. The van der Waals surface area contributed by atoms with Gasteiger partial charge < -0.3 is 14.4 Å². The van der Waals surface area contributed by atoms with Crippen LogP contribution in [-0.4, -0.2) is 29.4 Å². The molecule has 1 aliphatic heterocycles. The Bertz CT molecular complexity index is 493. The Morgan fingerprint density at radius 3 is 2.30 bits per heavy atom. The lowest BCUT2D eigenvalue weighted by Gasteiger charge is -2.32. The lowest BCUT2D eigenvalue weighted by molar-refractivity contribution is -0.137. The summed E-state index contributed by atoms with van der Waals surface area (Å²) in [5.74, 6) is -1.11. The van der Waals surface area contributed by atoms with Crippen molar-refractivity contribution in [2.75, 3.05) is 0 Å². The van der Waals surface area contributed by atoms with E-state index in [0.29, 0.717) is 0 Å². The van der Waals surface area contributed by atoms with Crippen LogP contribution in [0.25, 0.3) is 0 Å². The lowest BCUT2D eigenvalue weighted by atomic mass is 9.69. The highest BCUT2D eigenvalue weighted by atomic mass is 32.1. The number of carboxylic acid groups (broad SMARTS) is 1. The van der Waals surface area contributed by atoms with Gasteiger partial charge in [-0.1, -0.05) is 0 Å². The first-order valence-electron chi connectivity index (χ1n) is 6.75. The Kier molecular flexibility index (Phi) is 4.02. The second-order valence-electron chi connectivity index (χ2n) is 6.36. The van der Waals surface area contributed by atoms with E-state index in [2.05, 4.69) is 0 Å². The highest BCUT2D eigenvalue weighted by Crippen LogP contribution is 2.42. The number of aliphatic carboxylic acids is 1. The van der Waals surface area contributed by atoms with Gasteiger partial charge in [0.05, 0.1) is 17.6 Å². The normalized spacial score (nSPS) is 21.9. The van der Waals surface area contributed by atoms with Gasteiger partial charge in [0.15, 0.2) is 0 Å². The van der Waals surface area contributed by atoms with E-state index in [9.17, 15) is 4.79 Å². The summed E-state index contributed by atoms with van der Waals surface area (Å²) in [5, 5.41) is 11.2. The summed E-state index contributed by atoms with van der Waals surface area (Å²) in [5.41, 5.74) is 0.249. The van der Waals surface area contributed by atoms with Crippen LogP contribution in [-0.2, 0) is 14.1 Å². The van der Waals surface area contributed by atoms with Gasteiger partial charge in [0.25, 0.3) is 0 Å². The van der Waals surface area contributed by atoms with E-state index >= 15 is 0 Å².